The van der Waals surface area contributed by atoms with Gasteiger partial charge in [-0.25, -0.2) is 4.79 Å². The number of nitrogens with one attached hydrogen (secondary N) is 1. The number of nitrogens with zero attached hydrogens (tertiary/aromatic N) is 2. The van der Waals surface area contributed by atoms with Gasteiger partial charge in [0.15, 0.2) is 0 Å². The molecular formula is C19H31N3O3. The van der Waals surface area contributed by atoms with Crippen molar-refractivity contribution in [3.63, 3.8) is 0 Å². The molecule has 6 heteroatoms. The monoisotopic (exact) mass is 349 g/mol. The summed E-state index contributed by atoms with van der Waals surface area (Å²) in [5.41, 5.74) is 2.35. The molecule has 1 saturated heterocycles. The zero-order valence-corrected chi connectivity index (χ0v) is 16.3. The van der Waals surface area contributed by atoms with Crippen LogP contribution in [0.25, 0.3) is 0 Å². The predicted molar refractivity (Wildman–Crippen MR) is 98.0 cm³/mol. The van der Waals surface area contributed by atoms with Crippen LogP contribution in [0.2, 0.25) is 0 Å². The third kappa shape index (κ3) is 4.63. The molecule has 0 saturated carbocycles. The van der Waals surface area contributed by atoms with Crippen LogP contribution in [0.1, 0.15) is 59.8 Å². The first kappa shape index (κ1) is 19.5. The Kier molecular flexibility index (Phi) is 6.27. The molecule has 1 aliphatic heterocycles. The fourth-order valence-corrected chi connectivity index (χ4v) is 3.35. The van der Waals surface area contributed by atoms with E-state index >= 15 is 0 Å². The largest absolute Gasteiger partial charge is 0.459 e. The highest BCUT2D eigenvalue weighted by molar-refractivity contribution is 6.00. The molecule has 0 aromatic carbocycles. The van der Waals surface area contributed by atoms with Gasteiger partial charge in [0.25, 0.3) is 5.91 Å². The predicted octanol–water partition coefficient (Wildman–Crippen LogP) is 2.61. The zero-order valence-electron chi connectivity index (χ0n) is 16.3. The summed E-state index contributed by atoms with van der Waals surface area (Å²) in [6.07, 6.45) is -0.186. The minimum Gasteiger partial charge on any atom is -0.459 e. The van der Waals surface area contributed by atoms with Gasteiger partial charge in [0, 0.05) is 38.4 Å². The summed E-state index contributed by atoms with van der Waals surface area (Å²) in [7, 11) is 0. The summed E-state index contributed by atoms with van der Waals surface area (Å²) >= 11 is 0. The van der Waals surface area contributed by atoms with Crippen LogP contribution < -0.4 is 0 Å². The Morgan fingerprint density at radius 1 is 1.08 bits per heavy atom. The van der Waals surface area contributed by atoms with Crippen molar-refractivity contribution in [3.05, 3.63) is 22.5 Å². The molecule has 0 bridgehead atoms. The summed E-state index contributed by atoms with van der Waals surface area (Å²) in [4.78, 5) is 32.5. The third-order valence-corrected chi connectivity index (χ3v) is 4.48. The van der Waals surface area contributed by atoms with Crippen molar-refractivity contribution < 1.29 is 14.3 Å². The molecule has 1 amide bonds. The number of hydrogen-bond acceptors (Lipinski definition) is 4. The van der Waals surface area contributed by atoms with E-state index in [4.69, 9.17) is 4.74 Å². The third-order valence-electron chi connectivity index (χ3n) is 4.48. The zero-order chi connectivity index (χ0) is 18.7. The van der Waals surface area contributed by atoms with E-state index < -0.39 is 0 Å². The molecule has 0 radical (unpaired) electrons. The summed E-state index contributed by atoms with van der Waals surface area (Å²) in [6.45, 7) is 16.0. The first-order chi connectivity index (χ1) is 11.7. The van der Waals surface area contributed by atoms with Crippen LogP contribution >= 0.6 is 0 Å². The van der Waals surface area contributed by atoms with Crippen molar-refractivity contribution >= 4 is 11.9 Å². The van der Waals surface area contributed by atoms with Gasteiger partial charge >= 0.3 is 5.97 Å². The number of carbonyl (C=O) groups excluding carboxylic acids is 2. The van der Waals surface area contributed by atoms with Crippen molar-refractivity contribution in [3.8, 4) is 0 Å². The van der Waals surface area contributed by atoms with Gasteiger partial charge in [-0.1, -0.05) is 13.8 Å². The quantitative estimate of drug-likeness (QED) is 0.830. The van der Waals surface area contributed by atoms with E-state index in [1.54, 1.807) is 6.92 Å². The minimum atomic E-state index is -0.373. The molecule has 1 fully saturated rings. The molecule has 0 spiro atoms. The van der Waals surface area contributed by atoms with Crippen molar-refractivity contribution in [2.75, 3.05) is 32.7 Å². The lowest BCUT2D eigenvalue weighted by Crippen LogP contribution is -2.49. The average molecular weight is 349 g/mol. The highest BCUT2D eigenvalue weighted by Gasteiger charge is 2.28. The maximum Gasteiger partial charge on any atom is 0.340 e. The molecule has 25 heavy (non-hydrogen) atoms. The van der Waals surface area contributed by atoms with Gasteiger partial charge in [-0.05, 0) is 39.2 Å². The SMILES string of the molecule is Cc1[nH]c(C(=O)N2CCN(CC(C)C)CC2)c(C)c1C(=O)OC(C)C. The molecule has 1 N–H and O–H groups in total. The van der Waals surface area contributed by atoms with Crippen LogP contribution in [-0.4, -0.2) is 65.5 Å². The Bertz CT molecular complexity index is 626. The maximum atomic E-state index is 12.9. The summed E-state index contributed by atoms with van der Waals surface area (Å²) in [5, 5.41) is 0. The Morgan fingerprint density at radius 3 is 2.20 bits per heavy atom. The van der Waals surface area contributed by atoms with Crippen LogP contribution in [0.3, 0.4) is 0 Å². The fraction of sp³-hybridized carbons (Fsp3) is 0.684. The average Bonchev–Trinajstić information content (AvgIpc) is 2.81. The van der Waals surface area contributed by atoms with Crippen LogP contribution in [0.5, 0.6) is 0 Å². The molecule has 0 aliphatic carbocycles. The number of carbonyl (C=O) groups is 2. The Balaban J connectivity index is 2.09. The smallest absolute Gasteiger partial charge is 0.340 e. The number of esters is 1. The Hall–Kier alpha value is -1.82. The van der Waals surface area contributed by atoms with E-state index in [2.05, 4.69) is 23.7 Å². The number of aryl methyl sites for hydroxylation is 1. The molecule has 2 heterocycles. The van der Waals surface area contributed by atoms with Gasteiger partial charge in [-0.2, -0.15) is 0 Å². The molecule has 2 rings (SSSR count). The molecule has 1 aromatic rings. The highest BCUT2D eigenvalue weighted by atomic mass is 16.5. The van der Waals surface area contributed by atoms with Gasteiger partial charge in [0.05, 0.1) is 11.7 Å². The topological polar surface area (TPSA) is 65.6 Å². The molecule has 6 nitrogen and oxygen atoms in total. The molecule has 140 valence electrons. The normalized spacial score (nSPS) is 15.9. The number of aromatic amines is 1. The lowest BCUT2D eigenvalue weighted by atomic mass is 10.1. The Labute approximate surface area is 150 Å². The molecular weight excluding hydrogens is 318 g/mol. The minimum absolute atomic E-state index is 0.0339. The lowest BCUT2D eigenvalue weighted by molar-refractivity contribution is 0.0376. The summed E-state index contributed by atoms with van der Waals surface area (Å²) < 4.78 is 5.30. The van der Waals surface area contributed by atoms with E-state index in [0.29, 0.717) is 28.4 Å². The first-order valence-corrected chi connectivity index (χ1v) is 9.12. The highest BCUT2D eigenvalue weighted by Crippen LogP contribution is 2.21. The van der Waals surface area contributed by atoms with Crippen LogP contribution in [0.15, 0.2) is 0 Å². The molecule has 1 aromatic heterocycles. The van der Waals surface area contributed by atoms with Crippen molar-refractivity contribution in [2.45, 2.75) is 47.6 Å². The molecule has 0 unspecified atom stereocenters. The van der Waals surface area contributed by atoms with Crippen LogP contribution in [-0.2, 0) is 4.74 Å². The fourth-order valence-electron chi connectivity index (χ4n) is 3.35. The van der Waals surface area contributed by atoms with Crippen molar-refractivity contribution in [1.82, 2.24) is 14.8 Å². The second-order valence-electron chi connectivity index (χ2n) is 7.57. The standard InChI is InChI=1S/C19H31N3O3/c1-12(2)11-21-7-9-22(10-8-21)18(23)17-14(5)16(15(6)20-17)19(24)25-13(3)4/h12-13,20H,7-11H2,1-6H3. The van der Waals surface area contributed by atoms with E-state index in [0.717, 1.165) is 32.7 Å². The van der Waals surface area contributed by atoms with E-state index in [9.17, 15) is 9.59 Å². The van der Waals surface area contributed by atoms with Crippen molar-refractivity contribution in [1.29, 1.82) is 0 Å². The van der Waals surface area contributed by atoms with Gasteiger partial charge in [-0.3, -0.25) is 9.69 Å². The van der Waals surface area contributed by atoms with Gasteiger partial charge in [-0.15, -0.1) is 0 Å². The van der Waals surface area contributed by atoms with E-state index in [1.807, 2.05) is 25.7 Å². The maximum absolute atomic E-state index is 12.9. The van der Waals surface area contributed by atoms with Gasteiger partial charge in [0.2, 0.25) is 0 Å². The number of hydrogen-bond donors (Lipinski definition) is 1. The summed E-state index contributed by atoms with van der Waals surface area (Å²) in [5.74, 6) is 0.223. The first-order valence-electron chi connectivity index (χ1n) is 9.12. The number of aromatic nitrogens is 1. The number of rotatable bonds is 5. The number of amides is 1. The number of ether oxygens (including phenoxy) is 1. The second kappa shape index (κ2) is 8.04. The second-order valence-corrected chi connectivity index (χ2v) is 7.57. The van der Waals surface area contributed by atoms with E-state index in [1.165, 1.54) is 0 Å². The summed E-state index contributed by atoms with van der Waals surface area (Å²) in [6, 6.07) is 0. The van der Waals surface area contributed by atoms with E-state index in [-0.39, 0.29) is 18.0 Å². The molecule has 1 aliphatic rings. The van der Waals surface area contributed by atoms with Gasteiger partial charge < -0.3 is 14.6 Å². The van der Waals surface area contributed by atoms with Crippen LogP contribution in [0, 0.1) is 19.8 Å². The van der Waals surface area contributed by atoms with Crippen molar-refractivity contribution in [2.24, 2.45) is 5.92 Å². The molecule has 0 atom stereocenters. The Morgan fingerprint density at radius 2 is 1.68 bits per heavy atom. The van der Waals surface area contributed by atoms with Crippen LogP contribution in [0.4, 0.5) is 0 Å². The van der Waals surface area contributed by atoms with Gasteiger partial charge in [0.1, 0.15) is 5.69 Å². The number of piperazine rings is 1. The lowest BCUT2D eigenvalue weighted by Gasteiger charge is -2.35. The number of H-pyrrole nitrogens is 1.